The molecule has 6 heteroatoms. The molecule has 0 saturated carbocycles. The summed E-state index contributed by atoms with van der Waals surface area (Å²) in [5, 5.41) is 11.7. The van der Waals surface area contributed by atoms with E-state index in [9.17, 15) is 4.79 Å². The molecule has 2 saturated heterocycles. The molecule has 2 unspecified atom stereocenters. The summed E-state index contributed by atoms with van der Waals surface area (Å²) in [6.45, 7) is 8.20. The third kappa shape index (κ3) is 4.20. The molecular weight excluding hydrogens is 234 g/mol. The molecule has 0 aromatic heterocycles. The summed E-state index contributed by atoms with van der Waals surface area (Å²) >= 11 is 0. The van der Waals surface area contributed by atoms with Gasteiger partial charge in [0, 0.05) is 32.7 Å². The van der Waals surface area contributed by atoms with E-state index in [0.717, 1.165) is 32.7 Å². The molecule has 0 bridgehead atoms. The summed E-state index contributed by atoms with van der Waals surface area (Å²) in [5.41, 5.74) is 0. The number of nitrogens with one attached hydrogen (secondary N) is 1. The van der Waals surface area contributed by atoms with Gasteiger partial charge in [-0.15, -0.1) is 0 Å². The number of aliphatic hydroxyl groups excluding tert-OH is 1. The number of aliphatic hydroxyl groups is 1. The molecular formula is C12H23N3O3. The predicted octanol–water partition coefficient (Wildman–Crippen LogP) is -1.15. The minimum atomic E-state index is -0.678. The predicted molar refractivity (Wildman–Crippen MR) is 67.1 cm³/mol. The fourth-order valence-electron chi connectivity index (χ4n) is 2.24. The van der Waals surface area contributed by atoms with Crippen LogP contribution in [-0.4, -0.2) is 79.0 Å². The maximum atomic E-state index is 11.7. The maximum absolute atomic E-state index is 11.7. The van der Waals surface area contributed by atoms with Crippen molar-refractivity contribution in [2.75, 3.05) is 45.8 Å². The number of nitrogens with zero attached hydrogens (tertiary/aromatic N) is 2. The van der Waals surface area contributed by atoms with E-state index in [-0.39, 0.29) is 12.0 Å². The molecule has 0 aliphatic carbocycles. The molecule has 2 fully saturated rings. The Labute approximate surface area is 108 Å². The average molecular weight is 257 g/mol. The molecule has 2 aliphatic rings. The number of epoxide rings is 1. The average Bonchev–Trinajstić information content (AvgIpc) is 3.06. The van der Waals surface area contributed by atoms with Crippen LogP contribution in [0.2, 0.25) is 0 Å². The van der Waals surface area contributed by atoms with Crippen LogP contribution in [0.25, 0.3) is 0 Å². The summed E-state index contributed by atoms with van der Waals surface area (Å²) < 4.78 is 4.82. The van der Waals surface area contributed by atoms with Gasteiger partial charge in [0.2, 0.25) is 5.91 Å². The number of ether oxygens (including phenoxy) is 1. The molecule has 1 amide bonds. The van der Waals surface area contributed by atoms with Crippen LogP contribution in [0.3, 0.4) is 0 Å². The summed E-state index contributed by atoms with van der Waals surface area (Å²) in [6, 6.07) is 0. The van der Waals surface area contributed by atoms with E-state index < -0.39 is 6.29 Å². The smallest absolute Gasteiger partial charge is 0.234 e. The van der Waals surface area contributed by atoms with E-state index in [1.54, 1.807) is 0 Å². The first-order valence-electron chi connectivity index (χ1n) is 6.74. The van der Waals surface area contributed by atoms with Crippen molar-refractivity contribution in [1.29, 1.82) is 0 Å². The number of carbonyl (C=O) groups excluding carboxylic acids is 1. The number of rotatable bonds is 6. The Morgan fingerprint density at radius 1 is 1.33 bits per heavy atom. The Balaban J connectivity index is 1.57. The van der Waals surface area contributed by atoms with Crippen LogP contribution < -0.4 is 5.32 Å². The minimum Gasteiger partial charge on any atom is -0.366 e. The molecule has 2 atom stereocenters. The quantitative estimate of drug-likeness (QED) is 0.588. The van der Waals surface area contributed by atoms with Gasteiger partial charge < -0.3 is 20.1 Å². The van der Waals surface area contributed by atoms with Crippen molar-refractivity contribution >= 4 is 5.91 Å². The molecule has 2 heterocycles. The standard InChI is InChI=1S/C12H23N3O3/c1-2-3-14-4-6-15(7-5-14)9-11(16)13-8-10-12(17)18-10/h10,12,17H,2-9H2,1H3,(H,13,16). The zero-order valence-corrected chi connectivity index (χ0v) is 11.0. The topological polar surface area (TPSA) is 68.3 Å². The zero-order valence-electron chi connectivity index (χ0n) is 11.0. The van der Waals surface area contributed by atoms with E-state index in [0.29, 0.717) is 13.1 Å². The number of carbonyl (C=O) groups is 1. The highest BCUT2D eigenvalue weighted by atomic mass is 16.7. The lowest BCUT2D eigenvalue weighted by molar-refractivity contribution is -0.122. The number of hydrogen-bond donors (Lipinski definition) is 2. The van der Waals surface area contributed by atoms with Gasteiger partial charge in [0.1, 0.15) is 6.10 Å². The van der Waals surface area contributed by atoms with Crippen LogP contribution in [0.4, 0.5) is 0 Å². The van der Waals surface area contributed by atoms with Gasteiger partial charge in [0.25, 0.3) is 0 Å². The SMILES string of the molecule is CCCN1CCN(CC(=O)NCC2OC2O)CC1. The van der Waals surface area contributed by atoms with Crippen LogP contribution in [-0.2, 0) is 9.53 Å². The summed E-state index contributed by atoms with van der Waals surface area (Å²) in [4.78, 5) is 16.3. The molecule has 104 valence electrons. The third-order valence-corrected chi connectivity index (χ3v) is 3.43. The number of amides is 1. The van der Waals surface area contributed by atoms with Crippen LogP contribution in [0.5, 0.6) is 0 Å². The highest BCUT2D eigenvalue weighted by molar-refractivity contribution is 5.78. The first-order valence-corrected chi connectivity index (χ1v) is 6.74. The van der Waals surface area contributed by atoms with Gasteiger partial charge in [-0.3, -0.25) is 9.69 Å². The van der Waals surface area contributed by atoms with Crippen LogP contribution >= 0.6 is 0 Å². The Kier molecular flexibility index (Phi) is 4.94. The van der Waals surface area contributed by atoms with Crippen molar-refractivity contribution in [3.05, 3.63) is 0 Å². The molecule has 0 radical (unpaired) electrons. The van der Waals surface area contributed by atoms with Gasteiger partial charge in [-0.1, -0.05) is 6.92 Å². The molecule has 6 nitrogen and oxygen atoms in total. The molecule has 0 spiro atoms. The van der Waals surface area contributed by atoms with Crippen molar-refractivity contribution in [2.45, 2.75) is 25.7 Å². The number of piperazine rings is 1. The molecule has 2 aliphatic heterocycles. The van der Waals surface area contributed by atoms with Gasteiger partial charge in [0.15, 0.2) is 6.29 Å². The second-order valence-electron chi connectivity index (χ2n) is 4.99. The number of hydrogen-bond acceptors (Lipinski definition) is 5. The first kappa shape index (κ1) is 13.7. The molecule has 2 rings (SSSR count). The Hall–Kier alpha value is -0.690. The summed E-state index contributed by atoms with van der Waals surface area (Å²) in [6.07, 6.45) is 0.308. The van der Waals surface area contributed by atoms with E-state index >= 15 is 0 Å². The van der Waals surface area contributed by atoms with Gasteiger partial charge in [0.05, 0.1) is 6.54 Å². The van der Waals surface area contributed by atoms with Crippen LogP contribution in [0.15, 0.2) is 0 Å². The lowest BCUT2D eigenvalue weighted by atomic mass is 10.3. The van der Waals surface area contributed by atoms with Crippen molar-refractivity contribution in [1.82, 2.24) is 15.1 Å². The van der Waals surface area contributed by atoms with E-state index in [4.69, 9.17) is 9.84 Å². The van der Waals surface area contributed by atoms with Gasteiger partial charge in [-0.2, -0.15) is 0 Å². The summed E-state index contributed by atoms with van der Waals surface area (Å²) in [5.74, 6) is 0.0154. The molecule has 0 aromatic rings. The zero-order chi connectivity index (χ0) is 13.0. The third-order valence-electron chi connectivity index (χ3n) is 3.43. The first-order chi connectivity index (χ1) is 8.69. The molecule has 2 N–H and O–H groups in total. The van der Waals surface area contributed by atoms with Crippen LogP contribution in [0, 0.1) is 0 Å². The Morgan fingerprint density at radius 2 is 1.94 bits per heavy atom. The molecule has 0 aromatic carbocycles. The van der Waals surface area contributed by atoms with Crippen LogP contribution in [0.1, 0.15) is 13.3 Å². The van der Waals surface area contributed by atoms with E-state index in [1.807, 2.05) is 0 Å². The highest BCUT2D eigenvalue weighted by Crippen LogP contribution is 2.16. The van der Waals surface area contributed by atoms with Crippen molar-refractivity contribution < 1.29 is 14.6 Å². The van der Waals surface area contributed by atoms with Crippen molar-refractivity contribution in [2.24, 2.45) is 0 Å². The largest absolute Gasteiger partial charge is 0.366 e. The van der Waals surface area contributed by atoms with Crippen molar-refractivity contribution in [3.63, 3.8) is 0 Å². The summed E-state index contributed by atoms with van der Waals surface area (Å²) in [7, 11) is 0. The monoisotopic (exact) mass is 257 g/mol. The fourth-order valence-corrected chi connectivity index (χ4v) is 2.24. The maximum Gasteiger partial charge on any atom is 0.234 e. The van der Waals surface area contributed by atoms with Gasteiger partial charge in [-0.25, -0.2) is 0 Å². The fraction of sp³-hybridized carbons (Fsp3) is 0.917. The van der Waals surface area contributed by atoms with Gasteiger partial charge in [-0.05, 0) is 13.0 Å². The van der Waals surface area contributed by atoms with Gasteiger partial charge >= 0.3 is 0 Å². The van der Waals surface area contributed by atoms with E-state index in [1.165, 1.54) is 6.42 Å². The second-order valence-corrected chi connectivity index (χ2v) is 4.99. The highest BCUT2D eigenvalue weighted by Gasteiger charge is 2.36. The minimum absolute atomic E-state index is 0.0154. The molecule has 18 heavy (non-hydrogen) atoms. The Morgan fingerprint density at radius 3 is 2.50 bits per heavy atom. The lowest BCUT2D eigenvalue weighted by Crippen LogP contribution is -2.49. The van der Waals surface area contributed by atoms with Crippen molar-refractivity contribution in [3.8, 4) is 0 Å². The second kappa shape index (κ2) is 6.47. The normalized spacial score (nSPS) is 29.2. The lowest BCUT2D eigenvalue weighted by Gasteiger charge is -2.34. The van der Waals surface area contributed by atoms with E-state index in [2.05, 4.69) is 22.0 Å². The Bertz CT molecular complexity index is 280.